The first kappa shape index (κ1) is 11.5. The molecule has 0 bridgehead atoms. The SMILES string of the molecule is COc1ccc(CC(C)C(=O)NO)cc1. The van der Waals surface area contributed by atoms with Gasteiger partial charge >= 0.3 is 0 Å². The molecule has 4 heteroatoms. The molecule has 0 saturated carbocycles. The summed E-state index contributed by atoms with van der Waals surface area (Å²) in [5, 5.41) is 8.45. The Balaban J connectivity index is 2.60. The lowest BCUT2D eigenvalue weighted by atomic mass is 10.0. The van der Waals surface area contributed by atoms with Gasteiger partial charge in [0.05, 0.1) is 7.11 Å². The molecule has 2 N–H and O–H groups in total. The van der Waals surface area contributed by atoms with Crippen LogP contribution < -0.4 is 10.2 Å². The number of hydrogen-bond acceptors (Lipinski definition) is 3. The van der Waals surface area contributed by atoms with Crippen LogP contribution in [-0.2, 0) is 11.2 Å². The molecule has 0 radical (unpaired) electrons. The van der Waals surface area contributed by atoms with Crippen molar-refractivity contribution in [1.82, 2.24) is 5.48 Å². The molecule has 0 spiro atoms. The van der Waals surface area contributed by atoms with E-state index in [2.05, 4.69) is 0 Å². The lowest BCUT2D eigenvalue weighted by molar-refractivity contribution is -0.132. The van der Waals surface area contributed by atoms with Gasteiger partial charge in [-0.2, -0.15) is 0 Å². The van der Waals surface area contributed by atoms with E-state index in [1.54, 1.807) is 19.5 Å². The van der Waals surface area contributed by atoms with Crippen LogP contribution in [0.2, 0.25) is 0 Å². The van der Waals surface area contributed by atoms with Gasteiger partial charge in [0.2, 0.25) is 5.91 Å². The highest BCUT2D eigenvalue weighted by atomic mass is 16.5. The average molecular weight is 209 g/mol. The topological polar surface area (TPSA) is 58.6 Å². The fraction of sp³-hybridized carbons (Fsp3) is 0.364. The normalized spacial score (nSPS) is 11.9. The smallest absolute Gasteiger partial charge is 0.246 e. The van der Waals surface area contributed by atoms with Gasteiger partial charge < -0.3 is 4.74 Å². The van der Waals surface area contributed by atoms with Crippen LogP contribution >= 0.6 is 0 Å². The fourth-order valence-electron chi connectivity index (χ4n) is 1.32. The van der Waals surface area contributed by atoms with E-state index in [0.29, 0.717) is 6.42 Å². The predicted octanol–water partition coefficient (Wildman–Crippen LogP) is 1.38. The Morgan fingerprint density at radius 3 is 2.53 bits per heavy atom. The summed E-state index contributed by atoms with van der Waals surface area (Å²) in [6.45, 7) is 1.76. The molecule has 0 saturated heterocycles. The summed E-state index contributed by atoms with van der Waals surface area (Å²) in [4.78, 5) is 11.1. The monoisotopic (exact) mass is 209 g/mol. The highest BCUT2D eigenvalue weighted by molar-refractivity contribution is 5.77. The number of carbonyl (C=O) groups excluding carboxylic acids is 1. The standard InChI is InChI=1S/C11H15NO3/c1-8(11(13)12-14)7-9-3-5-10(15-2)6-4-9/h3-6,8,14H,7H2,1-2H3,(H,12,13). The number of hydroxylamine groups is 1. The molecule has 4 nitrogen and oxygen atoms in total. The molecule has 0 aliphatic heterocycles. The van der Waals surface area contributed by atoms with Crippen LogP contribution in [0.3, 0.4) is 0 Å². The zero-order chi connectivity index (χ0) is 11.3. The molecule has 0 heterocycles. The second kappa shape index (κ2) is 5.36. The number of hydrogen-bond donors (Lipinski definition) is 2. The highest BCUT2D eigenvalue weighted by Crippen LogP contribution is 2.14. The summed E-state index contributed by atoms with van der Waals surface area (Å²) in [6, 6.07) is 7.50. The molecule has 0 aliphatic rings. The molecule has 1 unspecified atom stereocenters. The van der Waals surface area contributed by atoms with Crippen molar-refractivity contribution in [2.24, 2.45) is 5.92 Å². The zero-order valence-electron chi connectivity index (χ0n) is 8.86. The predicted molar refractivity (Wildman–Crippen MR) is 55.8 cm³/mol. The summed E-state index contributed by atoms with van der Waals surface area (Å²) >= 11 is 0. The van der Waals surface area contributed by atoms with Crippen molar-refractivity contribution in [3.05, 3.63) is 29.8 Å². The summed E-state index contributed by atoms with van der Waals surface area (Å²) in [6.07, 6.45) is 0.594. The van der Waals surface area contributed by atoms with Crippen LogP contribution in [0.4, 0.5) is 0 Å². The van der Waals surface area contributed by atoms with Crippen molar-refractivity contribution in [2.45, 2.75) is 13.3 Å². The van der Waals surface area contributed by atoms with Gasteiger partial charge in [-0.3, -0.25) is 10.0 Å². The van der Waals surface area contributed by atoms with Crippen molar-refractivity contribution in [3.8, 4) is 5.75 Å². The average Bonchev–Trinajstić information content (AvgIpc) is 2.29. The molecule has 1 rings (SSSR count). The first-order valence-electron chi connectivity index (χ1n) is 4.74. The second-order valence-electron chi connectivity index (χ2n) is 3.43. The maximum absolute atomic E-state index is 11.1. The van der Waals surface area contributed by atoms with Crippen LogP contribution in [0.5, 0.6) is 5.75 Å². The van der Waals surface area contributed by atoms with E-state index in [1.165, 1.54) is 0 Å². The van der Waals surface area contributed by atoms with E-state index in [4.69, 9.17) is 9.94 Å². The fourth-order valence-corrected chi connectivity index (χ4v) is 1.32. The van der Waals surface area contributed by atoms with E-state index in [9.17, 15) is 4.79 Å². The molecule has 1 atom stereocenters. The Morgan fingerprint density at radius 1 is 1.47 bits per heavy atom. The van der Waals surface area contributed by atoms with Crippen LogP contribution in [0, 0.1) is 5.92 Å². The largest absolute Gasteiger partial charge is 0.497 e. The van der Waals surface area contributed by atoms with Gasteiger partial charge in [0.15, 0.2) is 0 Å². The van der Waals surface area contributed by atoms with E-state index in [-0.39, 0.29) is 11.8 Å². The number of ether oxygens (including phenoxy) is 1. The molecule has 82 valence electrons. The molecule has 0 aliphatic carbocycles. The Morgan fingerprint density at radius 2 is 2.07 bits per heavy atom. The van der Waals surface area contributed by atoms with Crippen LogP contribution in [-0.4, -0.2) is 18.2 Å². The Bertz CT molecular complexity index is 321. The van der Waals surface area contributed by atoms with E-state index >= 15 is 0 Å². The Hall–Kier alpha value is -1.55. The molecule has 0 aromatic heterocycles. The van der Waals surface area contributed by atoms with Crippen molar-refractivity contribution in [3.63, 3.8) is 0 Å². The van der Waals surface area contributed by atoms with Gasteiger partial charge in [0.1, 0.15) is 5.75 Å². The van der Waals surface area contributed by atoms with E-state index in [0.717, 1.165) is 11.3 Å². The van der Waals surface area contributed by atoms with Crippen LogP contribution in [0.25, 0.3) is 0 Å². The Kier molecular flexibility index (Phi) is 4.12. The number of nitrogens with one attached hydrogen (secondary N) is 1. The summed E-state index contributed by atoms with van der Waals surface area (Å²) in [5.74, 6) is 0.173. The molecule has 1 aromatic rings. The van der Waals surface area contributed by atoms with Crippen molar-refractivity contribution in [2.75, 3.05) is 7.11 Å². The number of rotatable bonds is 4. The third-order valence-corrected chi connectivity index (χ3v) is 2.26. The van der Waals surface area contributed by atoms with Crippen LogP contribution in [0.1, 0.15) is 12.5 Å². The third-order valence-electron chi connectivity index (χ3n) is 2.26. The van der Waals surface area contributed by atoms with Crippen molar-refractivity contribution >= 4 is 5.91 Å². The minimum absolute atomic E-state index is 0.247. The van der Waals surface area contributed by atoms with Gasteiger partial charge in [-0.25, -0.2) is 5.48 Å². The summed E-state index contributed by atoms with van der Waals surface area (Å²) < 4.78 is 5.02. The maximum atomic E-state index is 11.1. The number of amides is 1. The first-order chi connectivity index (χ1) is 7.17. The minimum Gasteiger partial charge on any atom is -0.497 e. The zero-order valence-corrected chi connectivity index (χ0v) is 8.86. The Labute approximate surface area is 88.8 Å². The quantitative estimate of drug-likeness (QED) is 0.581. The second-order valence-corrected chi connectivity index (χ2v) is 3.43. The van der Waals surface area contributed by atoms with Gasteiger partial charge in [0.25, 0.3) is 0 Å². The lowest BCUT2D eigenvalue weighted by Gasteiger charge is -2.09. The number of benzene rings is 1. The molecule has 1 amide bonds. The van der Waals surface area contributed by atoms with Gasteiger partial charge in [-0.05, 0) is 24.1 Å². The summed E-state index contributed by atoms with van der Waals surface area (Å²) in [7, 11) is 1.61. The molecule has 0 fully saturated rings. The summed E-state index contributed by atoms with van der Waals surface area (Å²) in [5.41, 5.74) is 2.68. The third kappa shape index (κ3) is 3.25. The first-order valence-corrected chi connectivity index (χ1v) is 4.74. The van der Waals surface area contributed by atoms with E-state index in [1.807, 2.05) is 24.3 Å². The molecular formula is C11H15NO3. The van der Waals surface area contributed by atoms with Crippen molar-refractivity contribution < 1.29 is 14.7 Å². The minimum atomic E-state index is -0.370. The van der Waals surface area contributed by atoms with Gasteiger partial charge in [0, 0.05) is 5.92 Å². The van der Waals surface area contributed by atoms with E-state index < -0.39 is 0 Å². The lowest BCUT2D eigenvalue weighted by Crippen LogP contribution is -2.27. The molecule has 1 aromatic carbocycles. The van der Waals surface area contributed by atoms with Gasteiger partial charge in [-0.1, -0.05) is 19.1 Å². The van der Waals surface area contributed by atoms with Gasteiger partial charge in [-0.15, -0.1) is 0 Å². The maximum Gasteiger partial charge on any atom is 0.246 e. The van der Waals surface area contributed by atoms with Crippen molar-refractivity contribution in [1.29, 1.82) is 0 Å². The molecular weight excluding hydrogens is 194 g/mol. The number of carbonyl (C=O) groups is 1. The highest BCUT2D eigenvalue weighted by Gasteiger charge is 2.12. The van der Waals surface area contributed by atoms with Crippen LogP contribution in [0.15, 0.2) is 24.3 Å². The molecule has 15 heavy (non-hydrogen) atoms. The number of methoxy groups -OCH3 is 1.